The van der Waals surface area contributed by atoms with E-state index >= 15 is 0 Å². The Balaban J connectivity index is 2.36. The van der Waals surface area contributed by atoms with Crippen LogP contribution in [0, 0.1) is 5.82 Å². The Labute approximate surface area is 109 Å². The Hall–Kier alpha value is -2.11. The van der Waals surface area contributed by atoms with E-state index in [0.717, 1.165) is 5.56 Å². The summed E-state index contributed by atoms with van der Waals surface area (Å²) < 4.78 is 22.5. The van der Waals surface area contributed by atoms with Crippen molar-refractivity contribution < 1.29 is 23.5 Å². The topological polar surface area (TPSA) is 55.8 Å². The van der Waals surface area contributed by atoms with E-state index in [4.69, 9.17) is 4.74 Å². The number of carbonyl (C=O) groups excluding carboxylic acids is 2. The zero-order valence-corrected chi connectivity index (χ0v) is 10.7. The Morgan fingerprint density at radius 2 is 2.00 bits per heavy atom. The summed E-state index contributed by atoms with van der Waals surface area (Å²) in [5.41, 5.74) is 1.50. The number of hydrogen-bond donors (Lipinski definition) is 0. The van der Waals surface area contributed by atoms with Crippen molar-refractivity contribution in [3.63, 3.8) is 0 Å². The van der Waals surface area contributed by atoms with Gasteiger partial charge in [0.1, 0.15) is 11.9 Å². The zero-order valence-electron chi connectivity index (χ0n) is 10.7. The fourth-order valence-corrected chi connectivity index (χ4v) is 2.21. The molecular weight excluding hydrogens is 253 g/mol. The minimum Gasteiger partial charge on any atom is -0.467 e. The summed E-state index contributed by atoms with van der Waals surface area (Å²) in [6.07, 6.45) is -0.345. The van der Waals surface area contributed by atoms with Gasteiger partial charge in [-0.2, -0.15) is 0 Å². The highest BCUT2D eigenvalue weighted by Crippen LogP contribution is 2.25. The number of esters is 1. The van der Waals surface area contributed by atoms with Crippen LogP contribution in [-0.2, 0) is 27.2 Å². The standard InChI is InChI=1S/C13H14FNO4/c1-18-12(16)11-6-8-3-4-10(14)5-9(8)7-15(11)13(17)19-2/h3-5,11H,6-7H2,1-2H3. The molecule has 5 nitrogen and oxygen atoms in total. The van der Waals surface area contributed by atoms with Crippen molar-refractivity contribution in [1.29, 1.82) is 0 Å². The first-order valence-corrected chi connectivity index (χ1v) is 5.76. The molecule has 1 aliphatic heterocycles. The van der Waals surface area contributed by atoms with Crippen LogP contribution in [0.3, 0.4) is 0 Å². The van der Waals surface area contributed by atoms with Gasteiger partial charge in [-0.15, -0.1) is 0 Å². The van der Waals surface area contributed by atoms with E-state index < -0.39 is 18.1 Å². The van der Waals surface area contributed by atoms with Gasteiger partial charge in [0.2, 0.25) is 0 Å². The Morgan fingerprint density at radius 3 is 2.63 bits per heavy atom. The first kappa shape index (κ1) is 13.3. The van der Waals surface area contributed by atoms with Crippen LogP contribution >= 0.6 is 0 Å². The predicted molar refractivity (Wildman–Crippen MR) is 63.9 cm³/mol. The first-order chi connectivity index (χ1) is 9.06. The normalized spacial score (nSPS) is 17.6. The monoisotopic (exact) mass is 267 g/mol. The molecular formula is C13H14FNO4. The predicted octanol–water partition coefficient (Wildman–Crippen LogP) is 1.49. The zero-order chi connectivity index (χ0) is 14.0. The summed E-state index contributed by atoms with van der Waals surface area (Å²) in [5, 5.41) is 0. The van der Waals surface area contributed by atoms with E-state index in [9.17, 15) is 14.0 Å². The molecule has 1 unspecified atom stereocenters. The molecule has 1 heterocycles. The van der Waals surface area contributed by atoms with Crippen LogP contribution in [0.5, 0.6) is 0 Å². The molecule has 0 bridgehead atoms. The molecule has 0 radical (unpaired) electrons. The molecule has 2 rings (SSSR count). The summed E-state index contributed by atoms with van der Waals surface area (Å²) >= 11 is 0. The second-order valence-corrected chi connectivity index (χ2v) is 4.25. The third kappa shape index (κ3) is 2.52. The Bertz CT molecular complexity index is 517. The molecule has 0 fully saturated rings. The van der Waals surface area contributed by atoms with Crippen molar-refractivity contribution in [2.75, 3.05) is 14.2 Å². The van der Waals surface area contributed by atoms with Gasteiger partial charge in [0.25, 0.3) is 0 Å². The van der Waals surface area contributed by atoms with Gasteiger partial charge in [-0.05, 0) is 23.3 Å². The second kappa shape index (κ2) is 5.26. The quantitative estimate of drug-likeness (QED) is 0.723. The maximum atomic E-state index is 13.2. The lowest BCUT2D eigenvalue weighted by Crippen LogP contribution is -2.49. The van der Waals surface area contributed by atoms with Crippen LogP contribution < -0.4 is 0 Å². The Kier molecular flexibility index (Phi) is 3.69. The average Bonchev–Trinajstić information content (AvgIpc) is 2.44. The fraction of sp³-hybridized carbons (Fsp3) is 0.385. The molecule has 1 atom stereocenters. The van der Waals surface area contributed by atoms with E-state index in [0.29, 0.717) is 5.56 Å². The van der Waals surface area contributed by atoms with Crippen molar-refractivity contribution in [2.45, 2.75) is 19.0 Å². The lowest BCUT2D eigenvalue weighted by molar-refractivity contribution is -0.146. The third-order valence-corrected chi connectivity index (χ3v) is 3.18. The number of ether oxygens (including phenoxy) is 2. The number of hydrogen-bond acceptors (Lipinski definition) is 4. The Morgan fingerprint density at radius 1 is 1.26 bits per heavy atom. The van der Waals surface area contributed by atoms with Gasteiger partial charge in [0, 0.05) is 6.42 Å². The van der Waals surface area contributed by atoms with Crippen molar-refractivity contribution in [1.82, 2.24) is 4.90 Å². The lowest BCUT2D eigenvalue weighted by Gasteiger charge is -2.33. The van der Waals surface area contributed by atoms with Crippen LogP contribution in [-0.4, -0.2) is 37.2 Å². The summed E-state index contributed by atoms with van der Waals surface area (Å²) in [5.74, 6) is -0.888. The molecule has 0 aromatic heterocycles. The largest absolute Gasteiger partial charge is 0.467 e. The molecule has 1 aromatic carbocycles. The molecule has 0 saturated carbocycles. The van der Waals surface area contributed by atoms with Gasteiger partial charge >= 0.3 is 12.1 Å². The number of amides is 1. The second-order valence-electron chi connectivity index (χ2n) is 4.25. The summed E-state index contributed by atoms with van der Waals surface area (Å²) in [4.78, 5) is 24.7. The van der Waals surface area contributed by atoms with Gasteiger partial charge < -0.3 is 9.47 Å². The van der Waals surface area contributed by atoms with Gasteiger partial charge in [0.05, 0.1) is 20.8 Å². The van der Waals surface area contributed by atoms with E-state index in [-0.39, 0.29) is 18.8 Å². The lowest BCUT2D eigenvalue weighted by atomic mass is 9.94. The van der Waals surface area contributed by atoms with Crippen LogP contribution in [0.25, 0.3) is 0 Å². The number of fused-ring (bicyclic) bond motifs is 1. The molecule has 1 aromatic rings. The number of halogens is 1. The molecule has 19 heavy (non-hydrogen) atoms. The molecule has 6 heteroatoms. The van der Waals surface area contributed by atoms with E-state index in [2.05, 4.69) is 4.74 Å². The summed E-state index contributed by atoms with van der Waals surface area (Å²) in [6, 6.07) is 3.57. The summed E-state index contributed by atoms with van der Waals surface area (Å²) in [7, 11) is 2.50. The number of nitrogens with zero attached hydrogens (tertiary/aromatic N) is 1. The van der Waals surface area contributed by atoms with Gasteiger partial charge in [0.15, 0.2) is 0 Å². The van der Waals surface area contributed by atoms with Crippen molar-refractivity contribution in [3.8, 4) is 0 Å². The average molecular weight is 267 g/mol. The van der Waals surface area contributed by atoms with Crippen LogP contribution in [0.15, 0.2) is 18.2 Å². The van der Waals surface area contributed by atoms with Gasteiger partial charge in [-0.3, -0.25) is 4.90 Å². The third-order valence-electron chi connectivity index (χ3n) is 3.18. The molecule has 1 amide bonds. The molecule has 0 spiro atoms. The van der Waals surface area contributed by atoms with Crippen LogP contribution in [0.4, 0.5) is 9.18 Å². The highest BCUT2D eigenvalue weighted by molar-refractivity contribution is 5.82. The fourth-order valence-electron chi connectivity index (χ4n) is 2.21. The number of benzene rings is 1. The maximum Gasteiger partial charge on any atom is 0.410 e. The molecule has 0 N–H and O–H groups in total. The number of carbonyl (C=O) groups is 2. The minimum absolute atomic E-state index is 0.125. The first-order valence-electron chi connectivity index (χ1n) is 5.76. The molecule has 0 aliphatic carbocycles. The SMILES string of the molecule is COC(=O)C1Cc2ccc(F)cc2CN1C(=O)OC. The molecule has 0 saturated heterocycles. The molecule has 102 valence electrons. The number of methoxy groups -OCH3 is 2. The van der Waals surface area contributed by atoms with Crippen molar-refractivity contribution >= 4 is 12.1 Å². The molecule has 1 aliphatic rings. The van der Waals surface area contributed by atoms with Crippen molar-refractivity contribution in [3.05, 3.63) is 35.1 Å². The highest BCUT2D eigenvalue weighted by atomic mass is 19.1. The van der Waals surface area contributed by atoms with Gasteiger partial charge in [-0.1, -0.05) is 6.07 Å². The van der Waals surface area contributed by atoms with E-state index in [1.165, 1.54) is 31.3 Å². The van der Waals surface area contributed by atoms with Crippen LogP contribution in [0.2, 0.25) is 0 Å². The minimum atomic E-state index is -0.740. The van der Waals surface area contributed by atoms with Gasteiger partial charge in [-0.25, -0.2) is 14.0 Å². The highest BCUT2D eigenvalue weighted by Gasteiger charge is 2.36. The number of rotatable bonds is 1. The van der Waals surface area contributed by atoms with Crippen molar-refractivity contribution in [2.24, 2.45) is 0 Å². The van der Waals surface area contributed by atoms with Crippen LogP contribution in [0.1, 0.15) is 11.1 Å². The maximum absolute atomic E-state index is 13.2. The summed E-state index contributed by atoms with van der Waals surface area (Å²) in [6.45, 7) is 0.125. The van der Waals surface area contributed by atoms with E-state index in [1.54, 1.807) is 6.07 Å². The smallest absolute Gasteiger partial charge is 0.410 e. The van der Waals surface area contributed by atoms with E-state index in [1.807, 2.05) is 0 Å².